The lowest BCUT2D eigenvalue weighted by Gasteiger charge is -2.41. The highest BCUT2D eigenvalue weighted by molar-refractivity contribution is 7.09. The number of aryl methyl sites for hydroxylation is 1. The first-order valence-corrected chi connectivity index (χ1v) is 13.3. The number of thiophene rings is 1. The Balaban J connectivity index is 1.40. The summed E-state index contributed by atoms with van der Waals surface area (Å²) >= 11 is 1.47. The van der Waals surface area contributed by atoms with E-state index in [4.69, 9.17) is 4.74 Å². The fraction of sp³-hybridized carbons (Fsp3) is 0.276. The second kappa shape index (κ2) is 9.49. The third kappa shape index (κ3) is 4.21. The molecule has 5 atom stereocenters. The van der Waals surface area contributed by atoms with Gasteiger partial charge in [0.05, 0.1) is 31.0 Å². The summed E-state index contributed by atoms with van der Waals surface area (Å²) in [7, 11) is 0. The molecule has 9 heteroatoms. The predicted molar refractivity (Wildman–Crippen MR) is 141 cm³/mol. The molecule has 3 aliphatic heterocycles. The van der Waals surface area contributed by atoms with Gasteiger partial charge in [-0.05, 0) is 48.2 Å². The molecule has 2 bridgehead atoms. The van der Waals surface area contributed by atoms with E-state index in [1.807, 2.05) is 48.7 Å². The zero-order valence-electron chi connectivity index (χ0n) is 20.6. The van der Waals surface area contributed by atoms with E-state index in [-0.39, 0.29) is 30.8 Å². The van der Waals surface area contributed by atoms with Gasteiger partial charge in [-0.2, -0.15) is 0 Å². The van der Waals surface area contributed by atoms with Crippen molar-refractivity contribution in [3.63, 3.8) is 0 Å². The second-order valence-electron chi connectivity index (χ2n) is 9.97. The van der Waals surface area contributed by atoms with Gasteiger partial charge >= 0.3 is 0 Å². The van der Waals surface area contributed by atoms with Crippen LogP contribution in [-0.2, 0) is 25.7 Å². The predicted octanol–water partition coefficient (Wildman–Crippen LogP) is 3.97. The number of amides is 3. The summed E-state index contributed by atoms with van der Waals surface area (Å²) in [6.45, 7) is 2.18. The summed E-state index contributed by atoms with van der Waals surface area (Å²) in [5, 5.41) is 7.80. The lowest BCUT2D eigenvalue weighted by Crippen LogP contribution is -2.59. The Hall–Kier alpha value is -3.82. The van der Waals surface area contributed by atoms with Gasteiger partial charge in [-0.3, -0.25) is 14.4 Å². The zero-order valence-corrected chi connectivity index (χ0v) is 21.4. The molecule has 7 nitrogen and oxygen atoms in total. The smallest absolute Gasteiger partial charge is 0.247 e. The first kappa shape index (κ1) is 24.5. The molecule has 0 radical (unpaired) electrons. The molecule has 0 unspecified atom stereocenters. The van der Waals surface area contributed by atoms with Crippen LogP contribution in [0.2, 0.25) is 0 Å². The van der Waals surface area contributed by atoms with Crippen LogP contribution >= 0.6 is 11.3 Å². The van der Waals surface area contributed by atoms with E-state index < -0.39 is 35.4 Å². The van der Waals surface area contributed by atoms with Crippen LogP contribution in [0.25, 0.3) is 0 Å². The Kier molecular flexibility index (Phi) is 6.12. The Morgan fingerprint density at radius 1 is 1.16 bits per heavy atom. The molecule has 3 aliphatic rings. The molecule has 3 amide bonds. The molecule has 1 spiro atoms. The number of ether oxygens (including phenoxy) is 1. The zero-order chi connectivity index (χ0) is 26.4. The average Bonchev–Trinajstić information content (AvgIpc) is 3.65. The Morgan fingerprint density at radius 2 is 1.92 bits per heavy atom. The number of fused-ring (bicyclic) bond motifs is 1. The summed E-state index contributed by atoms with van der Waals surface area (Å²) in [6, 6.07) is 15.8. The van der Waals surface area contributed by atoms with E-state index in [1.165, 1.54) is 40.5 Å². The standard InChI is InChI=1S/C29H26FN3O4S/c1-17-4-10-20(11-5-17)32-26(34)23-22-12-13-29(37-22)16-31-27(35)25(18-6-8-19(30)9-7-18)33(28(36)24(23)29)15-21-3-2-14-38-21/h2-14,22-25H,15-16H2,1H3,(H,31,35)(H,32,34)/t22-,23-,24+,25+,29+/m1/s1. The largest absolute Gasteiger partial charge is 0.360 e. The molecular formula is C29H26FN3O4S. The van der Waals surface area contributed by atoms with Crippen LogP contribution in [0, 0.1) is 24.6 Å². The summed E-state index contributed by atoms with van der Waals surface area (Å²) in [5.41, 5.74) is 1.06. The van der Waals surface area contributed by atoms with E-state index in [0.29, 0.717) is 11.3 Å². The van der Waals surface area contributed by atoms with E-state index in [0.717, 1.165) is 10.4 Å². The number of halogens is 1. The van der Waals surface area contributed by atoms with Crippen LogP contribution in [0.4, 0.5) is 10.1 Å². The van der Waals surface area contributed by atoms with Crippen molar-refractivity contribution >= 4 is 34.7 Å². The van der Waals surface area contributed by atoms with Crippen LogP contribution < -0.4 is 10.6 Å². The molecule has 2 aromatic carbocycles. The normalized spacial score (nSPS) is 28.0. The second-order valence-corrected chi connectivity index (χ2v) is 11.0. The molecule has 2 N–H and O–H groups in total. The number of anilines is 1. The van der Waals surface area contributed by atoms with Gasteiger partial charge in [-0.1, -0.05) is 48.0 Å². The number of benzene rings is 2. The minimum Gasteiger partial charge on any atom is -0.360 e. The number of hydrogen-bond donors (Lipinski definition) is 2. The van der Waals surface area contributed by atoms with Gasteiger partial charge in [0.25, 0.3) is 0 Å². The SMILES string of the molecule is Cc1ccc(NC(=O)[C@H]2[C@H]3C(=O)N(Cc4cccs4)[C@@H](c4ccc(F)cc4)C(=O)NC[C@@]34C=C[C@H]2O4)cc1. The third-order valence-corrected chi connectivity index (χ3v) is 8.39. The average molecular weight is 532 g/mol. The number of nitrogens with zero attached hydrogens (tertiary/aromatic N) is 1. The van der Waals surface area contributed by atoms with Crippen molar-refractivity contribution in [3.05, 3.63) is 100 Å². The molecule has 1 aromatic heterocycles. The van der Waals surface area contributed by atoms with Gasteiger partial charge in [0, 0.05) is 10.6 Å². The van der Waals surface area contributed by atoms with Gasteiger partial charge in [-0.15, -0.1) is 11.3 Å². The van der Waals surface area contributed by atoms with Gasteiger partial charge in [0.2, 0.25) is 17.7 Å². The molecule has 194 valence electrons. The molecule has 2 saturated heterocycles. The number of nitrogens with one attached hydrogen (secondary N) is 2. The molecule has 2 fully saturated rings. The highest BCUT2D eigenvalue weighted by atomic mass is 32.1. The fourth-order valence-electron chi connectivity index (χ4n) is 5.67. The Bertz CT molecular complexity index is 1410. The van der Waals surface area contributed by atoms with Crippen LogP contribution in [0.5, 0.6) is 0 Å². The van der Waals surface area contributed by atoms with Gasteiger partial charge < -0.3 is 20.3 Å². The summed E-state index contributed by atoms with van der Waals surface area (Å²) in [6.07, 6.45) is 3.01. The van der Waals surface area contributed by atoms with Crippen LogP contribution in [0.1, 0.15) is 22.0 Å². The van der Waals surface area contributed by atoms with E-state index in [1.54, 1.807) is 12.2 Å². The molecule has 6 rings (SSSR count). The first-order valence-electron chi connectivity index (χ1n) is 12.5. The molecular weight excluding hydrogens is 505 g/mol. The number of hydrogen-bond acceptors (Lipinski definition) is 5. The minimum absolute atomic E-state index is 0.0497. The lowest BCUT2D eigenvalue weighted by molar-refractivity contribution is -0.153. The van der Waals surface area contributed by atoms with E-state index >= 15 is 0 Å². The van der Waals surface area contributed by atoms with E-state index in [9.17, 15) is 18.8 Å². The first-order chi connectivity index (χ1) is 18.3. The van der Waals surface area contributed by atoms with Gasteiger partial charge in [-0.25, -0.2) is 4.39 Å². The van der Waals surface area contributed by atoms with Crippen molar-refractivity contribution in [1.29, 1.82) is 0 Å². The number of carbonyl (C=O) groups excluding carboxylic acids is 3. The maximum absolute atomic E-state index is 14.5. The number of carbonyl (C=O) groups is 3. The minimum atomic E-state index is -1.13. The van der Waals surface area contributed by atoms with Crippen molar-refractivity contribution in [2.75, 3.05) is 11.9 Å². The Morgan fingerprint density at radius 3 is 2.63 bits per heavy atom. The third-order valence-electron chi connectivity index (χ3n) is 7.52. The highest BCUT2D eigenvalue weighted by Crippen LogP contribution is 2.50. The van der Waals surface area contributed by atoms with E-state index in [2.05, 4.69) is 10.6 Å². The van der Waals surface area contributed by atoms with Crippen molar-refractivity contribution in [2.45, 2.75) is 31.2 Å². The van der Waals surface area contributed by atoms with Crippen molar-refractivity contribution in [1.82, 2.24) is 10.2 Å². The monoisotopic (exact) mass is 531 g/mol. The molecule has 0 saturated carbocycles. The Labute approximate surface area is 223 Å². The molecule has 3 aromatic rings. The lowest BCUT2D eigenvalue weighted by atomic mass is 9.73. The summed E-state index contributed by atoms with van der Waals surface area (Å²) in [5.74, 6) is -3.13. The van der Waals surface area contributed by atoms with Gasteiger partial charge in [0.15, 0.2) is 0 Å². The van der Waals surface area contributed by atoms with Gasteiger partial charge in [0.1, 0.15) is 17.5 Å². The molecule has 0 aliphatic carbocycles. The van der Waals surface area contributed by atoms with Crippen molar-refractivity contribution in [2.24, 2.45) is 11.8 Å². The van der Waals surface area contributed by atoms with Crippen molar-refractivity contribution in [3.8, 4) is 0 Å². The number of rotatable bonds is 5. The fourth-order valence-corrected chi connectivity index (χ4v) is 6.38. The van der Waals surface area contributed by atoms with Crippen LogP contribution in [0.15, 0.2) is 78.2 Å². The van der Waals surface area contributed by atoms with Crippen LogP contribution in [-0.4, -0.2) is 40.9 Å². The summed E-state index contributed by atoms with van der Waals surface area (Å²) < 4.78 is 20.0. The maximum atomic E-state index is 14.5. The molecule has 4 heterocycles. The highest BCUT2D eigenvalue weighted by Gasteiger charge is 2.64. The summed E-state index contributed by atoms with van der Waals surface area (Å²) in [4.78, 5) is 44.0. The maximum Gasteiger partial charge on any atom is 0.247 e. The van der Waals surface area contributed by atoms with Crippen molar-refractivity contribution < 1.29 is 23.5 Å². The van der Waals surface area contributed by atoms with Crippen LogP contribution in [0.3, 0.4) is 0 Å². The molecule has 38 heavy (non-hydrogen) atoms. The quantitative estimate of drug-likeness (QED) is 0.488. The topological polar surface area (TPSA) is 87.7 Å².